The van der Waals surface area contributed by atoms with Gasteiger partial charge in [-0.3, -0.25) is 4.98 Å². The minimum atomic E-state index is -1.93. The second-order valence-corrected chi connectivity index (χ2v) is 12.3. The highest BCUT2D eigenvalue weighted by atomic mass is 28.4. The van der Waals surface area contributed by atoms with E-state index in [0.29, 0.717) is 12.2 Å². The van der Waals surface area contributed by atoms with Crippen molar-refractivity contribution in [2.45, 2.75) is 52.4 Å². The van der Waals surface area contributed by atoms with E-state index in [9.17, 15) is 4.39 Å². The molecule has 0 aliphatic rings. The Morgan fingerprint density at radius 2 is 1.83 bits per heavy atom. The first-order valence-corrected chi connectivity index (χ1v) is 10.9. The van der Waals surface area contributed by atoms with Gasteiger partial charge < -0.3 is 4.43 Å². The summed E-state index contributed by atoms with van der Waals surface area (Å²) in [5, 5.41) is 0.101. The van der Waals surface area contributed by atoms with Gasteiger partial charge in [0.25, 0.3) is 0 Å². The zero-order valence-electron chi connectivity index (χ0n) is 14.9. The van der Waals surface area contributed by atoms with Gasteiger partial charge in [0.05, 0.1) is 6.61 Å². The molecule has 0 aliphatic carbocycles. The first-order valence-electron chi connectivity index (χ1n) is 7.96. The average molecular weight is 332 g/mol. The van der Waals surface area contributed by atoms with Crippen LogP contribution in [0.4, 0.5) is 4.39 Å². The molecule has 0 saturated heterocycles. The van der Waals surface area contributed by atoms with Gasteiger partial charge in [-0.1, -0.05) is 39.0 Å². The van der Waals surface area contributed by atoms with E-state index >= 15 is 0 Å². The Kier molecular flexibility index (Phi) is 5.06. The second kappa shape index (κ2) is 6.54. The number of pyridine rings is 1. The Labute approximate surface area is 139 Å². The first kappa shape index (κ1) is 17.8. The topological polar surface area (TPSA) is 22.1 Å². The fourth-order valence-electron chi connectivity index (χ4n) is 2.07. The monoisotopic (exact) mass is 331 g/mol. The maximum atomic E-state index is 14.4. The van der Waals surface area contributed by atoms with Crippen LogP contribution in [0.2, 0.25) is 18.1 Å². The molecule has 0 bridgehead atoms. The van der Waals surface area contributed by atoms with E-state index in [2.05, 4.69) is 38.8 Å². The Balaban J connectivity index is 2.34. The molecule has 2 rings (SSSR count). The summed E-state index contributed by atoms with van der Waals surface area (Å²) in [6, 6.07) is 9.08. The summed E-state index contributed by atoms with van der Waals surface area (Å²) in [5.41, 5.74) is 3.34. The van der Waals surface area contributed by atoms with E-state index in [1.807, 2.05) is 25.1 Å². The first-order chi connectivity index (χ1) is 10.6. The molecule has 124 valence electrons. The van der Waals surface area contributed by atoms with Crippen LogP contribution >= 0.6 is 0 Å². The Morgan fingerprint density at radius 3 is 2.39 bits per heavy atom. The van der Waals surface area contributed by atoms with Crippen molar-refractivity contribution in [3.8, 4) is 11.1 Å². The van der Waals surface area contributed by atoms with Crippen molar-refractivity contribution in [2.75, 3.05) is 0 Å². The molecule has 23 heavy (non-hydrogen) atoms. The van der Waals surface area contributed by atoms with Gasteiger partial charge in [0.2, 0.25) is 0 Å². The number of hydrogen-bond donors (Lipinski definition) is 0. The van der Waals surface area contributed by atoms with Crippen molar-refractivity contribution in [2.24, 2.45) is 0 Å². The summed E-state index contributed by atoms with van der Waals surface area (Å²) in [5.74, 6) is -0.221. The normalized spacial score (nSPS) is 12.5. The van der Waals surface area contributed by atoms with Crippen LogP contribution in [0.25, 0.3) is 11.1 Å². The number of aryl methyl sites for hydroxylation is 1. The molecular weight excluding hydrogens is 305 g/mol. The van der Waals surface area contributed by atoms with E-state index in [0.717, 1.165) is 16.8 Å². The van der Waals surface area contributed by atoms with Crippen LogP contribution in [0.1, 0.15) is 32.0 Å². The zero-order valence-corrected chi connectivity index (χ0v) is 15.9. The van der Waals surface area contributed by atoms with E-state index in [4.69, 9.17) is 4.43 Å². The second-order valence-electron chi connectivity index (χ2n) is 7.50. The van der Waals surface area contributed by atoms with E-state index in [1.165, 1.54) is 6.07 Å². The molecule has 1 aromatic carbocycles. The van der Waals surface area contributed by atoms with Crippen LogP contribution in [0.3, 0.4) is 0 Å². The van der Waals surface area contributed by atoms with E-state index < -0.39 is 8.32 Å². The molecule has 0 amide bonds. The Morgan fingerprint density at radius 1 is 1.13 bits per heavy atom. The molecule has 4 heteroatoms. The van der Waals surface area contributed by atoms with Gasteiger partial charge in [0.15, 0.2) is 8.32 Å². The van der Waals surface area contributed by atoms with Gasteiger partial charge in [-0.25, -0.2) is 4.39 Å². The van der Waals surface area contributed by atoms with Crippen molar-refractivity contribution in [3.63, 3.8) is 0 Å². The molecule has 1 aromatic heterocycles. The Hall–Kier alpha value is -1.52. The molecule has 0 unspecified atom stereocenters. The van der Waals surface area contributed by atoms with Crippen LogP contribution in [-0.2, 0) is 11.0 Å². The highest BCUT2D eigenvalue weighted by Crippen LogP contribution is 2.38. The molecule has 0 aliphatic heterocycles. The lowest BCUT2D eigenvalue weighted by Crippen LogP contribution is -2.40. The third-order valence-corrected chi connectivity index (χ3v) is 9.20. The summed E-state index contributed by atoms with van der Waals surface area (Å²) in [7, 11) is -1.93. The smallest absolute Gasteiger partial charge is 0.192 e. The van der Waals surface area contributed by atoms with Crippen LogP contribution in [-0.4, -0.2) is 13.3 Å². The number of halogens is 1. The van der Waals surface area contributed by atoms with Crippen molar-refractivity contribution < 1.29 is 8.82 Å². The minimum absolute atomic E-state index is 0.101. The van der Waals surface area contributed by atoms with Crippen LogP contribution in [0.5, 0.6) is 0 Å². The summed E-state index contributed by atoms with van der Waals surface area (Å²) < 4.78 is 20.6. The molecule has 1 heterocycles. The molecule has 0 radical (unpaired) electrons. The number of benzene rings is 1. The van der Waals surface area contributed by atoms with Crippen molar-refractivity contribution >= 4 is 8.32 Å². The lowest BCUT2D eigenvalue weighted by atomic mass is 10.0. The van der Waals surface area contributed by atoms with Gasteiger partial charge >= 0.3 is 0 Å². The lowest BCUT2D eigenvalue weighted by molar-refractivity contribution is 0.271. The molecular formula is C19H26FNOSi. The fourth-order valence-corrected chi connectivity index (χ4v) is 3.01. The van der Waals surface area contributed by atoms with Gasteiger partial charge in [-0.2, -0.15) is 0 Å². The van der Waals surface area contributed by atoms with Gasteiger partial charge in [0.1, 0.15) is 5.82 Å². The highest BCUT2D eigenvalue weighted by molar-refractivity contribution is 6.74. The molecule has 2 nitrogen and oxygen atoms in total. The maximum absolute atomic E-state index is 14.4. The number of nitrogens with zero attached hydrogens (tertiary/aromatic N) is 1. The highest BCUT2D eigenvalue weighted by Gasteiger charge is 2.37. The molecule has 0 spiro atoms. The number of hydrogen-bond acceptors (Lipinski definition) is 2. The summed E-state index contributed by atoms with van der Waals surface area (Å²) in [6.07, 6.45) is 1.79. The lowest BCUT2D eigenvalue weighted by Gasteiger charge is -2.36. The predicted molar refractivity (Wildman–Crippen MR) is 96.4 cm³/mol. The predicted octanol–water partition coefficient (Wildman–Crippen LogP) is 5.72. The van der Waals surface area contributed by atoms with Crippen molar-refractivity contribution in [1.82, 2.24) is 4.98 Å². The molecule has 0 N–H and O–H groups in total. The fraction of sp³-hybridized carbons (Fsp3) is 0.421. The molecule has 0 saturated carbocycles. The van der Waals surface area contributed by atoms with Crippen LogP contribution < -0.4 is 0 Å². The SMILES string of the molecule is Cc1ccc(-c2cccc(F)c2CO[Si](C)(C)C(C)(C)C)cn1. The van der Waals surface area contributed by atoms with Gasteiger partial charge in [0, 0.05) is 23.0 Å². The van der Waals surface area contributed by atoms with Crippen molar-refractivity contribution in [3.05, 3.63) is 53.6 Å². The van der Waals surface area contributed by atoms with Crippen molar-refractivity contribution in [1.29, 1.82) is 0 Å². The Bertz CT molecular complexity index is 675. The maximum Gasteiger partial charge on any atom is 0.192 e. The number of rotatable bonds is 4. The summed E-state index contributed by atoms with van der Waals surface area (Å²) >= 11 is 0. The third-order valence-electron chi connectivity index (χ3n) is 4.72. The largest absolute Gasteiger partial charge is 0.412 e. The van der Waals surface area contributed by atoms with Gasteiger partial charge in [-0.15, -0.1) is 0 Å². The van der Waals surface area contributed by atoms with E-state index in [-0.39, 0.29) is 10.9 Å². The van der Waals surface area contributed by atoms with Crippen LogP contribution in [0, 0.1) is 12.7 Å². The summed E-state index contributed by atoms with van der Waals surface area (Å²) in [6.45, 7) is 13.2. The average Bonchev–Trinajstić information content (AvgIpc) is 2.45. The summed E-state index contributed by atoms with van der Waals surface area (Å²) in [4.78, 5) is 4.32. The molecule has 2 aromatic rings. The van der Waals surface area contributed by atoms with Crippen LogP contribution in [0.15, 0.2) is 36.5 Å². The third kappa shape index (κ3) is 4.06. The number of aromatic nitrogens is 1. The molecule has 0 fully saturated rings. The molecule has 0 atom stereocenters. The minimum Gasteiger partial charge on any atom is -0.412 e. The zero-order chi connectivity index (χ0) is 17.3. The quantitative estimate of drug-likeness (QED) is 0.669. The van der Waals surface area contributed by atoms with Gasteiger partial charge in [-0.05, 0) is 42.8 Å². The van der Waals surface area contributed by atoms with E-state index in [1.54, 1.807) is 12.3 Å². The standard InChI is InChI=1S/C19H26FNOSi/c1-14-10-11-15(12-21-14)16-8-7-9-18(20)17(16)13-22-23(5,6)19(2,3)4/h7-12H,13H2,1-6H3.